The highest BCUT2D eigenvalue weighted by Crippen LogP contribution is 2.24. The molecule has 0 radical (unpaired) electrons. The average molecular weight is 352 g/mol. The predicted molar refractivity (Wildman–Crippen MR) is 85.9 cm³/mol. The maximum atomic E-state index is 12.3. The fourth-order valence-electron chi connectivity index (χ4n) is 2.06. The first-order valence-electron chi connectivity index (χ1n) is 7.17. The second-order valence-corrected chi connectivity index (χ2v) is 4.95. The Morgan fingerprint density at radius 1 is 1.16 bits per heavy atom. The van der Waals surface area contributed by atoms with Gasteiger partial charge in [-0.15, -0.1) is 13.2 Å². The van der Waals surface area contributed by atoms with Gasteiger partial charge in [-0.1, -0.05) is 30.3 Å². The number of nitrogens with one attached hydrogen (secondary N) is 2. The van der Waals surface area contributed by atoms with Gasteiger partial charge >= 0.3 is 6.36 Å². The van der Waals surface area contributed by atoms with E-state index in [-0.39, 0.29) is 12.3 Å². The molecule has 0 fully saturated rings. The standard InChI is InChI=1S/C17H15F3N2O3/c18-17(19,20)25-14-6-3-4-12(10-14)11-21-15-7-2-1-5-13(15)8-9-16(23)22-24/h1-10,21,24H,11H2,(H,22,23). The molecule has 0 aliphatic rings. The molecule has 0 heterocycles. The molecule has 0 aromatic heterocycles. The zero-order valence-corrected chi connectivity index (χ0v) is 12.9. The first-order valence-corrected chi connectivity index (χ1v) is 7.17. The van der Waals surface area contributed by atoms with E-state index in [0.29, 0.717) is 16.8 Å². The van der Waals surface area contributed by atoms with E-state index in [2.05, 4.69) is 10.1 Å². The molecule has 0 unspecified atom stereocenters. The number of carbonyl (C=O) groups excluding carboxylic acids is 1. The highest BCUT2D eigenvalue weighted by atomic mass is 19.4. The monoisotopic (exact) mass is 352 g/mol. The van der Waals surface area contributed by atoms with Crippen LogP contribution in [0, 0.1) is 0 Å². The van der Waals surface area contributed by atoms with Gasteiger partial charge in [0.25, 0.3) is 5.91 Å². The lowest BCUT2D eigenvalue weighted by molar-refractivity contribution is -0.274. The minimum Gasteiger partial charge on any atom is -0.406 e. The van der Waals surface area contributed by atoms with E-state index in [1.54, 1.807) is 30.3 Å². The molecular weight excluding hydrogens is 337 g/mol. The third-order valence-electron chi connectivity index (χ3n) is 3.10. The summed E-state index contributed by atoms with van der Waals surface area (Å²) in [6, 6.07) is 12.7. The van der Waals surface area contributed by atoms with Crippen molar-refractivity contribution < 1.29 is 27.9 Å². The SMILES string of the molecule is O=C(C=Cc1ccccc1NCc1cccc(OC(F)(F)F)c1)NO. The van der Waals surface area contributed by atoms with Crippen molar-refractivity contribution in [3.05, 3.63) is 65.7 Å². The van der Waals surface area contributed by atoms with Crippen LogP contribution >= 0.6 is 0 Å². The van der Waals surface area contributed by atoms with Crippen molar-refractivity contribution in [1.29, 1.82) is 0 Å². The van der Waals surface area contributed by atoms with Gasteiger partial charge in [0.05, 0.1) is 0 Å². The van der Waals surface area contributed by atoms with Gasteiger partial charge in [-0.05, 0) is 35.4 Å². The predicted octanol–water partition coefficient (Wildman–Crippen LogP) is 3.72. The first-order chi connectivity index (χ1) is 11.9. The van der Waals surface area contributed by atoms with Crippen LogP contribution in [0.25, 0.3) is 6.08 Å². The summed E-state index contributed by atoms with van der Waals surface area (Å²) in [5.74, 6) is -0.966. The maximum Gasteiger partial charge on any atom is 0.573 e. The van der Waals surface area contributed by atoms with Crippen LogP contribution in [-0.2, 0) is 11.3 Å². The van der Waals surface area contributed by atoms with E-state index in [1.165, 1.54) is 29.8 Å². The zero-order valence-electron chi connectivity index (χ0n) is 12.9. The lowest BCUT2D eigenvalue weighted by Gasteiger charge is -2.12. The van der Waals surface area contributed by atoms with Gasteiger partial charge in [0, 0.05) is 18.3 Å². The zero-order chi connectivity index (χ0) is 18.3. The number of rotatable bonds is 6. The number of para-hydroxylation sites is 1. The molecule has 0 bridgehead atoms. The molecule has 0 aliphatic heterocycles. The van der Waals surface area contributed by atoms with E-state index in [1.807, 2.05) is 0 Å². The van der Waals surface area contributed by atoms with E-state index in [9.17, 15) is 18.0 Å². The second kappa shape index (κ2) is 8.20. The molecule has 25 heavy (non-hydrogen) atoms. The van der Waals surface area contributed by atoms with E-state index >= 15 is 0 Å². The van der Waals surface area contributed by atoms with Gasteiger partial charge in [0.1, 0.15) is 5.75 Å². The van der Waals surface area contributed by atoms with Crippen LogP contribution in [0.5, 0.6) is 5.75 Å². The Morgan fingerprint density at radius 3 is 2.64 bits per heavy atom. The normalized spacial score (nSPS) is 11.4. The smallest absolute Gasteiger partial charge is 0.406 e. The number of carbonyl (C=O) groups is 1. The van der Waals surface area contributed by atoms with E-state index < -0.39 is 12.3 Å². The summed E-state index contributed by atoms with van der Waals surface area (Å²) < 4.78 is 40.7. The Labute approximate surface area is 141 Å². The summed E-state index contributed by atoms with van der Waals surface area (Å²) >= 11 is 0. The summed E-state index contributed by atoms with van der Waals surface area (Å²) in [5.41, 5.74) is 3.42. The minimum atomic E-state index is -4.74. The third-order valence-corrected chi connectivity index (χ3v) is 3.10. The fraction of sp³-hybridized carbons (Fsp3) is 0.118. The molecule has 8 heteroatoms. The highest BCUT2D eigenvalue weighted by molar-refractivity contribution is 5.91. The lowest BCUT2D eigenvalue weighted by Crippen LogP contribution is -2.17. The largest absolute Gasteiger partial charge is 0.573 e. The summed E-state index contributed by atoms with van der Waals surface area (Å²) in [5, 5.41) is 11.6. The summed E-state index contributed by atoms with van der Waals surface area (Å²) in [6.45, 7) is 0.256. The Hall–Kier alpha value is -3.00. The van der Waals surface area contributed by atoms with Gasteiger partial charge in [-0.25, -0.2) is 5.48 Å². The van der Waals surface area contributed by atoms with Crippen molar-refractivity contribution in [1.82, 2.24) is 5.48 Å². The Morgan fingerprint density at radius 2 is 1.92 bits per heavy atom. The number of ether oxygens (including phenoxy) is 1. The molecular formula is C17H15F3N2O3. The van der Waals surface area contributed by atoms with Crippen molar-refractivity contribution in [3.63, 3.8) is 0 Å². The molecule has 0 saturated carbocycles. The van der Waals surface area contributed by atoms with Crippen LogP contribution in [-0.4, -0.2) is 17.5 Å². The van der Waals surface area contributed by atoms with Gasteiger partial charge < -0.3 is 10.1 Å². The number of halogens is 3. The fourth-order valence-corrected chi connectivity index (χ4v) is 2.06. The number of hydroxylamine groups is 1. The number of amides is 1. The van der Waals surface area contributed by atoms with Gasteiger partial charge in [0.15, 0.2) is 0 Å². The van der Waals surface area contributed by atoms with E-state index in [4.69, 9.17) is 5.21 Å². The van der Waals surface area contributed by atoms with Gasteiger partial charge in [-0.2, -0.15) is 0 Å². The van der Waals surface area contributed by atoms with Crippen LogP contribution in [0.3, 0.4) is 0 Å². The summed E-state index contributed by atoms with van der Waals surface area (Å²) in [7, 11) is 0. The summed E-state index contributed by atoms with van der Waals surface area (Å²) in [6.07, 6.45) is -2.09. The molecule has 5 nitrogen and oxygen atoms in total. The highest BCUT2D eigenvalue weighted by Gasteiger charge is 2.31. The average Bonchev–Trinajstić information content (AvgIpc) is 2.57. The van der Waals surface area contributed by atoms with Crippen molar-refractivity contribution in [2.45, 2.75) is 12.9 Å². The molecule has 0 atom stereocenters. The minimum absolute atomic E-state index is 0.256. The van der Waals surface area contributed by atoms with Crippen molar-refractivity contribution in [2.75, 3.05) is 5.32 Å². The number of benzene rings is 2. The van der Waals surface area contributed by atoms with Crippen molar-refractivity contribution in [2.24, 2.45) is 0 Å². The van der Waals surface area contributed by atoms with Crippen LogP contribution in [0.2, 0.25) is 0 Å². The number of anilines is 1. The first kappa shape index (κ1) is 18.3. The van der Waals surface area contributed by atoms with Gasteiger partial charge in [0.2, 0.25) is 0 Å². The maximum absolute atomic E-state index is 12.3. The lowest BCUT2D eigenvalue weighted by atomic mass is 10.1. The number of hydrogen-bond donors (Lipinski definition) is 3. The topological polar surface area (TPSA) is 70.6 Å². The molecule has 132 valence electrons. The Balaban J connectivity index is 2.08. The van der Waals surface area contributed by atoms with Crippen LogP contribution < -0.4 is 15.5 Å². The Kier molecular flexibility index (Phi) is 6.02. The molecule has 0 saturated heterocycles. The molecule has 0 aliphatic carbocycles. The quantitative estimate of drug-likeness (QED) is 0.421. The molecule has 0 spiro atoms. The molecule has 2 aromatic rings. The Bertz CT molecular complexity index is 761. The van der Waals surface area contributed by atoms with Crippen LogP contribution in [0.15, 0.2) is 54.6 Å². The molecule has 3 N–H and O–H groups in total. The number of alkyl halides is 3. The molecule has 1 amide bonds. The van der Waals surface area contributed by atoms with Crippen LogP contribution in [0.1, 0.15) is 11.1 Å². The van der Waals surface area contributed by atoms with E-state index in [0.717, 1.165) is 6.08 Å². The second-order valence-electron chi connectivity index (χ2n) is 4.95. The summed E-state index contributed by atoms with van der Waals surface area (Å²) in [4.78, 5) is 11.1. The van der Waals surface area contributed by atoms with Crippen LogP contribution in [0.4, 0.5) is 18.9 Å². The van der Waals surface area contributed by atoms with Gasteiger partial charge in [-0.3, -0.25) is 10.0 Å². The molecule has 2 rings (SSSR count). The van der Waals surface area contributed by atoms with Crippen molar-refractivity contribution in [3.8, 4) is 5.75 Å². The third kappa shape index (κ3) is 6.19. The number of hydrogen-bond acceptors (Lipinski definition) is 4. The van der Waals surface area contributed by atoms with Crippen molar-refractivity contribution >= 4 is 17.7 Å². The molecule has 2 aromatic carbocycles.